The molecule has 0 radical (unpaired) electrons. The van der Waals surface area contributed by atoms with Gasteiger partial charge in [-0.1, -0.05) is 12.1 Å². The van der Waals surface area contributed by atoms with Crippen LogP contribution in [0.1, 0.15) is 27.9 Å². The number of nitrogens with one attached hydrogen (secondary N) is 1. The molecular weight excluding hydrogens is 284 g/mol. The fourth-order valence-electron chi connectivity index (χ4n) is 2.75. The Morgan fingerprint density at radius 3 is 2.77 bits per heavy atom. The van der Waals surface area contributed by atoms with Crippen molar-refractivity contribution in [2.75, 3.05) is 0 Å². The third-order valence-corrected chi connectivity index (χ3v) is 3.85. The zero-order valence-electron chi connectivity index (χ0n) is 12.1. The summed E-state index contributed by atoms with van der Waals surface area (Å²) in [4.78, 5) is 15.3. The van der Waals surface area contributed by atoms with Crippen LogP contribution in [0.15, 0.2) is 42.6 Å². The highest BCUT2D eigenvalue weighted by molar-refractivity contribution is 5.97. The average molecular weight is 299 g/mol. The van der Waals surface area contributed by atoms with Gasteiger partial charge in [0, 0.05) is 29.6 Å². The summed E-state index contributed by atoms with van der Waals surface area (Å²) in [5, 5.41) is 1.11. The molecule has 0 fully saturated rings. The van der Waals surface area contributed by atoms with Crippen LogP contribution in [0.2, 0.25) is 0 Å². The highest BCUT2D eigenvalue weighted by Gasteiger charge is 2.14. The third-order valence-electron chi connectivity index (χ3n) is 3.85. The number of hydrogen-bond acceptors (Lipinski definition) is 1. The highest BCUT2D eigenvalue weighted by Crippen LogP contribution is 2.24. The lowest BCUT2D eigenvalue weighted by atomic mass is 10.00. The van der Waals surface area contributed by atoms with Crippen molar-refractivity contribution in [3.8, 4) is 0 Å². The Bertz CT molecular complexity index is 851. The molecule has 0 saturated carbocycles. The topological polar surface area (TPSA) is 32.9 Å². The number of fused-ring (bicyclic) bond motifs is 1. The second kappa shape index (κ2) is 5.72. The standard InChI is InChI=1S/C18H15F2NO/c1-11-3-2-4-16-18(11)12(10-21-16)5-8-17(22)14-7-6-13(19)9-15(14)20/h2-4,6-7,9-10,21H,5,8H2,1H3. The van der Waals surface area contributed by atoms with E-state index in [1.54, 1.807) is 0 Å². The Kier molecular flexibility index (Phi) is 3.75. The maximum Gasteiger partial charge on any atom is 0.166 e. The summed E-state index contributed by atoms with van der Waals surface area (Å²) < 4.78 is 26.5. The second-order valence-electron chi connectivity index (χ2n) is 5.36. The Balaban J connectivity index is 1.80. The SMILES string of the molecule is Cc1cccc2[nH]cc(CCC(=O)c3ccc(F)cc3F)c12. The first-order chi connectivity index (χ1) is 10.6. The molecule has 0 unspecified atom stereocenters. The van der Waals surface area contributed by atoms with Crippen molar-refractivity contribution >= 4 is 16.7 Å². The van der Waals surface area contributed by atoms with Crippen LogP contribution >= 0.6 is 0 Å². The van der Waals surface area contributed by atoms with Crippen LogP contribution < -0.4 is 0 Å². The van der Waals surface area contributed by atoms with Crippen molar-refractivity contribution in [2.24, 2.45) is 0 Å². The Hall–Kier alpha value is -2.49. The number of aromatic amines is 1. The summed E-state index contributed by atoms with van der Waals surface area (Å²) in [6.07, 6.45) is 2.58. The molecule has 3 rings (SSSR count). The van der Waals surface area contributed by atoms with Crippen LogP contribution in [0, 0.1) is 18.6 Å². The van der Waals surface area contributed by atoms with Crippen LogP contribution in [-0.4, -0.2) is 10.8 Å². The second-order valence-corrected chi connectivity index (χ2v) is 5.36. The first-order valence-corrected chi connectivity index (χ1v) is 7.10. The number of hydrogen-bond donors (Lipinski definition) is 1. The maximum absolute atomic E-state index is 13.6. The van der Waals surface area contributed by atoms with Gasteiger partial charge in [-0.2, -0.15) is 0 Å². The molecule has 1 heterocycles. The number of Topliss-reactive ketones (excluding diaryl/α,β-unsaturated/α-hetero) is 1. The molecule has 112 valence electrons. The van der Waals surface area contributed by atoms with Gasteiger partial charge in [0.25, 0.3) is 0 Å². The minimum atomic E-state index is -0.805. The van der Waals surface area contributed by atoms with E-state index in [4.69, 9.17) is 0 Å². The van der Waals surface area contributed by atoms with Gasteiger partial charge in [0.1, 0.15) is 11.6 Å². The molecule has 0 spiro atoms. The van der Waals surface area contributed by atoms with E-state index >= 15 is 0 Å². The molecule has 0 amide bonds. The molecule has 0 aliphatic heterocycles. The van der Waals surface area contributed by atoms with Gasteiger partial charge in [0.2, 0.25) is 0 Å². The average Bonchev–Trinajstić information content (AvgIpc) is 2.89. The van der Waals surface area contributed by atoms with E-state index in [0.717, 1.165) is 34.2 Å². The summed E-state index contributed by atoms with van der Waals surface area (Å²) in [7, 11) is 0. The van der Waals surface area contributed by atoms with E-state index < -0.39 is 11.6 Å². The van der Waals surface area contributed by atoms with Crippen LogP contribution in [0.25, 0.3) is 10.9 Å². The van der Waals surface area contributed by atoms with E-state index in [1.807, 2.05) is 31.3 Å². The summed E-state index contributed by atoms with van der Waals surface area (Å²) in [6, 6.07) is 9.01. The summed E-state index contributed by atoms with van der Waals surface area (Å²) >= 11 is 0. The van der Waals surface area contributed by atoms with Crippen molar-refractivity contribution in [2.45, 2.75) is 19.8 Å². The predicted molar refractivity (Wildman–Crippen MR) is 82.0 cm³/mol. The number of aromatic nitrogens is 1. The molecule has 2 aromatic carbocycles. The monoisotopic (exact) mass is 299 g/mol. The normalized spacial score (nSPS) is 11.0. The molecular formula is C18H15F2NO. The zero-order chi connectivity index (χ0) is 15.7. The summed E-state index contributed by atoms with van der Waals surface area (Å²) in [5.41, 5.74) is 3.13. The molecule has 3 aromatic rings. The fourth-order valence-corrected chi connectivity index (χ4v) is 2.75. The number of aryl methyl sites for hydroxylation is 2. The Morgan fingerprint density at radius 2 is 2.00 bits per heavy atom. The van der Waals surface area contributed by atoms with E-state index in [-0.39, 0.29) is 17.8 Å². The number of H-pyrrole nitrogens is 1. The smallest absolute Gasteiger partial charge is 0.166 e. The van der Waals surface area contributed by atoms with E-state index in [2.05, 4.69) is 4.98 Å². The van der Waals surface area contributed by atoms with Crippen LogP contribution in [-0.2, 0) is 6.42 Å². The summed E-state index contributed by atoms with van der Waals surface area (Å²) in [6.45, 7) is 2.02. The fraction of sp³-hybridized carbons (Fsp3) is 0.167. The Morgan fingerprint density at radius 1 is 1.18 bits per heavy atom. The molecule has 0 aliphatic rings. The van der Waals surface area contributed by atoms with Gasteiger partial charge in [-0.25, -0.2) is 8.78 Å². The number of halogens is 2. The van der Waals surface area contributed by atoms with Crippen molar-refractivity contribution in [3.05, 3.63) is 70.9 Å². The molecule has 2 nitrogen and oxygen atoms in total. The third kappa shape index (κ3) is 2.64. The summed E-state index contributed by atoms with van der Waals surface area (Å²) in [5.74, 6) is -1.80. The quantitative estimate of drug-likeness (QED) is 0.703. The van der Waals surface area contributed by atoms with Crippen LogP contribution in [0.4, 0.5) is 8.78 Å². The zero-order valence-corrected chi connectivity index (χ0v) is 12.1. The largest absolute Gasteiger partial charge is 0.361 e. The van der Waals surface area contributed by atoms with Gasteiger partial charge in [-0.05, 0) is 42.7 Å². The minimum Gasteiger partial charge on any atom is -0.361 e. The minimum absolute atomic E-state index is 0.0574. The molecule has 0 saturated heterocycles. The van der Waals surface area contributed by atoms with Crippen molar-refractivity contribution in [1.82, 2.24) is 4.98 Å². The van der Waals surface area contributed by atoms with E-state index in [0.29, 0.717) is 6.42 Å². The number of ketones is 1. The van der Waals surface area contributed by atoms with Gasteiger partial charge in [0.15, 0.2) is 5.78 Å². The molecule has 0 bridgehead atoms. The van der Waals surface area contributed by atoms with E-state index in [9.17, 15) is 13.6 Å². The van der Waals surface area contributed by atoms with Gasteiger partial charge in [-0.15, -0.1) is 0 Å². The first-order valence-electron chi connectivity index (χ1n) is 7.10. The Labute approximate surface area is 126 Å². The van der Waals surface area contributed by atoms with Crippen molar-refractivity contribution in [3.63, 3.8) is 0 Å². The molecule has 1 aromatic heterocycles. The lowest BCUT2D eigenvalue weighted by Gasteiger charge is -2.04. The highest BCUT2D eigenvalue weighted by atomic mass is 19.1. The lowest BCUT2D eigenvalue weighted by Crippen LogP contribution is -2.04. The number of carbonyl (C=O) groups excluding carboxylic acids is 1. The maximum atomic E-state index is 13.6. The van der Waals surface area contributed by atoms with Crippen LogP contribution in [0.3, 0.4) is 0 Å². The molecule has 0 aliphatic carbocycles. The first kappa shape index (κ1) is 14.4. The van der Waals surface area contributed by atoms with Gasteiger partial charge < -0.3 is 4.98 Å². The number of benzene rings is 2. The molecule has 0 atom stereocenters. The van der Waals surface area contributed by atoms with Crippen LogP contribution in [0.5, 0.6) is 0 Å². The molecule has 1 N–H and O–H groups in total. The van der Waals surface area contributed by atoms with Gasteiger partial charge in [0.05, 0.1) is 5.56 Å². The van der Waals surface area contributed by atoms with Crippen molar-refractivity contribution in [1.29, 1.82) is 0 Å². The van der Waals surface area contributed by atoms with Crippen molar-refractivity contribution < 1.29 is 13.6 Å². The number of rotatable bonds is 4. The molecule has 4 heteroatoms. The van der Waals surface area contributed by atoms with E-state index in [1.165, 1.54) is 6.07 Å². The van der Waals surface area contributed by atoms with Gasteiger partial charge >= 0.3 is 0 Å². The lowest BCUT2D eigenvalue weighted by molar-refractivity contribution is 0.0979. The predicted octanol–water partition coefficient (Wildman–Crippen LogP) is 4.57. The number of carbonyl (C=O) groups is 1. The molecule has 22 heavy (non-hydrogen) atoms. The van der Waals surface area contributed by atoms with Gasteiger partial charge in [-0.3, -0.25) is 4.79 Å².